The SMILES string of the molecule is Cc1nc(-c2c(C)oc3ccccc23)cs1. The highest BCUT2D eigenvalue weighted by molar-refractivity contribution is 7.09. The van der Waals surface area contributed by atoms with Gasteiger partial charge in [-0.3, -0.25) is 0 Å². The highest BCUT2D eigenvalue weighted by Gasteiger charge is 2.14. The Bertz CT molecular complexity index is 651. The lowest BCUT2D eigenvalue weighted by molar-refractivity contribution is 0.580. The summed E-state index contributed by atoms with van der Waals surface area (Å²) < 4.78 is 5.73. The Morgan fingerprint density at radius 1 is 1.19 bits per heavy atom. The third-order valence-corrected chi connectivity index (χ3v) is 3.42. The van der Waals surface area contributed by atoms with Crippen LogP contribution in [0.4, 0.5) is 0 Å². The van der Waals surface area contributed by atoms with E-state index in [0.29, 0.717) is 0 Å². The van der Waals surface area contributed by atoms with E-state index in [1.54, 1.807) is 11.3 Å². The van der Waals surface area contributed by atoms with Crippen LogP contribution in [0.5, 0.6) is 0 Å². The molecule has 0 fully saturated rings. The number of hydrogen-bond donors (Lipinski definition) is 0. The third kappa shape index (κ3) is 1.36. The summed E-state index contributed by atoms with van der Waals surface area (Å²) in [4.78, 5) is 4.52. The fraction of sp³-hybridized carbons (Fsp3) is 0.154. The van der Waals surface area contributed by atoms with E-state index in [9.17, 15) is 0 Å². The zero-order valence-corrected chi connectivity index (χ0v) is 9.97. The van der Waals surface area contributed by atoms with Crippen molar-refractivity contribution in [1.29, 1.82) is 0 Å². The average molecular weight is 229 g/mol. The number of hydrogen-bond acceptors (Lipinski definition) is 3. The molecule has 80 valence electrons. The second-order valence-electron chi connectivity index (χ2n) is 3.78. The Morgan fingerprint density at radius 2 is 2.00 bits per heavy atom. The summed E-state index contributed by atoms with van der Waals surface area (Å²) >= 11 is 1.67. The quantitative estimate of drug-likeness (QED) is 0.625. The molecule has 1 aromatic carbocycles. The fourth-order valence-corrected chi connectivity index (χ4v) is 2.57. The molecule has 2 nitrogen and oxygen atoms in total. The van der Waals surface area contributed by atoms with Crippen molar-refractivity contribution < 1.29 is 4.42 Å². The minimum absolute atomic E-state index is 0.931. The van der Waals surface area contributed by atoms with Crippen molar-refractivity contribution in [2.24, 2.45) is 0 Å². The molecular weight excluding hydrogens is 218 g/mol. The molecule has 0 saturated carbocycles. The highest BCUT2D eigenvalue weighted by atomic mass is 32.1. The van der Waals surface area contributed by atoms with E-state index in [4.69, 9.17) is 4.42 Å². The molecule has 2 aromatic heterocycles. The summed E-state index contributed by atoms with van der Waals surface area (Å²) in [6, 6.07) is 8.09. The number of aromatic nitrogens is 1. The van der Waals surface area contributed by atoms with Crippen molar-refractivity contribution in [3.63, 3.8) is 0 Å². The van der Waals surface area contributed by atoms with Gasteiger partial charge in [0.25, 0.3) is 0 Å². The smallest absolute Gasteiger partial charge is 0.134 e. The van der Waals surface area contributed by atoms with Crippen molar-refractivity contribution in [2.75, 3.05) is 0 Å². The van der Waals surface area contributed by atoms with Gasteiger partial charge in [0.05, 0.1) is 16.3 Å². The van der Waals surface area contributed by atoms with Gasteiger partial charge in [-0.1, -0.05) is 18.2 Å². The van der Waals surface area contributed by atoms with Crippen LogP contribution in [0.15, 0.2) is 34.1 Å². The van der Waals surface area contributed by atoms with Crippen LogP contribution in [-0.4, -0.2) is 4.98 Å². The topological polar surface area (TPSA) is 26.0 Å². The first-order chi connectivity index (χ1) is 7.75. The Hall–Kier alpha value is -1.61. The second-order valence-corrected chi connectivity index (χ2v) is 4.84. The maximum absolute atomic E-state index is 5.73. The van der Waals surface area contributed by atoms with Gasteiger partial charge in [-0.15, -0.1) is 11.3 Å². The van der Waals surface area contributed by atoms with E-state index >= 15 is 0 Å². The van der Waals surface area contributed by atoms with Crippen LogP contribution in [-0.2, 0) is 0 Å². The van der Waals surface area contributed by atoms with Crippen LogP contribution in [0.2, 0.25) is 0 Å². The minimum Gasteiger partial charge on any atom is -0.461 e. The molecule has 0 radical (unpaired) electrons. The largest absolute Gasteiger partial charge is 0.461 e. The monoisotopic (exact) mass is 229 g/mol. The first kappa shape index (κ1) is 9.60. The van der Waals surface area contributed by atoms with Gasteiger partial charge in [0.1, 0.15) is 11.3 Å². The number of thiazole rings is 1. The fourth-order valence-electron chi connectivity index (χ4n) is 1.96. The van der Waals surface area contributed by atoms with Gasteiger partial charge in [-0.25, -0.2) is 4.98 Å². The molecule has 0 N–H and O–H groups in total. The lowest BCUT2D eigenvalue weighted by Gasteiger charge is -1.93. The molecule has 0 aliphatic carbocycles. The molecule has 16 heavy (non-hydrogen) atoms. The molecule has 0 atom stereocenters. The summed E-state index contributed by atoms with van der Waals surface area (Å²) in [6.45, 7) is 4.01. The van der Waals surface area contributed by atoms with Crippen LogP contribution >= 0.6 is 11.3 Å². The van der Waals surface area contributed by atoms with Crippen molar-refractivity contribution in [3.05, 3.63) is 40.4 Å². The molecular formula is C13H11NOS. The van der Waals surface area contributed by atoms with Crippen LogP contribution in [0.1, 0.15) is 10.8 Å². The molecule has 3 rings (SSSR count). The van der Waals surface area contributed by atoms with Crippen molar-refractivity contribution >= 4 is 22.3 Å². The number of nitrogens with zero attached hydrogens (tertiary/aromatic N) is 1. The summed E-state index contributed by atoms with van der Waals surface area (Å²) in [5, 5.41) is 4.31. The number of furan rings is 1. The number of benzene rings is 1. The number of fused-ring (bicyclic) bond motifs is 1. The third-order valence-electron chi connectivity index (χ3n) is 2.65. The molecule has 2 heterocycles. The van der Waals surface area contributed by atoms with Crippen molar-refractivity contribution in [1.82, 2.24) is 4.98 Å². The molecule has 3 heteroatoms. The Morgan fingerprint density at radius 3 is 2.75 bits per heavy atom. The van der Waals surface area contributed by atoms with E-state index in [0.717, 1.165) is 33.0 Å². The normalized spacial score (nSPS) is 11.1. The Labute approximate surface area is 97.6 Å². The van der Waals surface area contributed by atoms with E-state index in [-0.39, 0.29) is 0 Å². The summed E-state index contributed by atoms with van der Waals surface area (Å²) in [5.74, 6) is 0.937. The van der Waals surface area contributed by atoms with Gasteiger partial charge < -0.3 is 4.42 Å². The first-order valence-corrected chi connectivity index (χ1v) is 6.04. The molecule has 0 amide bonds. The first-order valence-electron chi connectivity index (χ1n) is 5.16. The highest BCUT2D eigenvalue weighted by Crippen LogP contribution is 2.34. The molecule has 0 aliphatic rings. The molecule has 0 unspecified atom stereocenters. The number of aryl methyl sites for hydroxylation is 2. The van der Waals surface area contributed by atoms with E-state index in [2.05, 4.69) is 16.4 Å². The molecule has 0 spiro atoms. The summed E-state index contributed by atoms with van der Waals surface area (Å²) in [5.41, 5.74) is 3.07. The van der Waals surface area contributed by atoms with Gasteiger partial charge in [0, 0.05) is 10.8 Å². The second kappa shape index (κ2) is 3.46. The minimum atomic E-state index is 0.931. The summed E-state index contributed by atoms with van der Waals surface area (Å²) in [6.07, 6.45) is 0. The van der Waals surface area contributed by atoms with Gasteiger partial charge in [0.2, 0.25) is 0 Å². The maximum Gasteiger partial charge on any atom is 0.134 e. The molecule has 0 saturated heterocycles. The van der Waals surface area contributed by atoms with Gasteiger partial charge in [-0.05, 0) is 19.9 Å². The zero-order chi connectivity index (χ0) is 11.1. The average Bonchev–Trinajstić information content (AvgIpc) is 2.80. The van der Waals surface area contributed by atoms with Crippen LogP contribution in [0.3, 0.4) is 0 Å². The Kier molecular flexibility index (Phi) is 2.07. The van der Waals surface area contributed by atoms with Gasteiger partial charge in [-0.2, -0.15) is 0 Å². The zero-order valence-electron chi connectivity index (χ0n) is 9.15. The van der Waals surface area contributed by atoms with E-state index < -0.39 is 0 Å². The van der Waals surface area contributed by atoms with Crippen LogP contribution in [0.25, 0.3) is 22.2 Å². The lowest BCUT2D eigenvalue weighted by Crippen LogP contribution is -1.78. The summed E-state index contributed by atoms with van der Waals surface area (Å²) in [7, 11) is 0. The molecule has 0 bridgehead atoms. The Balaban J connectivity index is 2.34. The molecule has 3 aromatic rings. The molecule has 0 aliphatic heterocycles. The van der Waals surface area contributed by atoms with Gasteiger partial charge >= 0.3 is 0 Å². The number of para-hydroxylation sites is 1. The van der Waals surface area contributed by atoms with Crippen LogP contribution in [0, 0.1) is 13.8 Å². The standard InChI is InChI=1S/C13H11NOS/c1-8-13(11-7-16-9(2)14-11)10-5-3-4-6-12(10)15-8/h3-7H,1-2H3. The maximum atomic E-state index is 5.73. The van der Waals surface area contributed by atoms with E-state index in [1.165, 1.54) is 0 Å². The predicted octanol–water partition coefficient (Wildman–Crippen LogP) is 4.17. The lowest BCUT2D eigenvalue weighted by atomic mass is 10.1. The predicted molar refractivity (Wildman–Crippen MR) is 66.8 cm³/mol. The van der Waals surface area contributed by atoms with Crippen LogP contribution < -0.4 is 0 Å². The number of rotatable bonds is 1. The van der Waals surface area contributed by atoms with Crippen molar-refractivity contribution in [3.8, 4) is 11.3 Å². The van der Waals surface area contributed by atoms with Crippen molar-refractivity contribution in [2.45, 2.75) is 13.8 Å². The van der Waals surface area contributed by atoms with Gasteiger partial charge in [0.15, 0.2) is 0 Å². The van der Waals surface area contributed by atoms with E-state index in [1.807, 2.05) is 32.0 Å².